The average Bonchev–Trinajstić information content (AvgIpc) is 2.67. The van der Waals surface area contributed by atoms with Gasteiger partial charge in [0.05, 0.1) is 5.02 Å². The van der Waals surface area contributed by atoms with E-state index in [9.17, 15) is 4.79 Å². The van der Waals surface area contributed by atoms with Crippen LogP contribution in [-0.4, -0.2) is 25.7 Å². The first-order chi connectivity index (χ1) is 8.15. The van der Waals surface area contributed by atoms with Crippen LogP contribution >= 0.6 is 11.6 Å². The summed E-state index contributed by atoms with van der Waals surface area (Å²) in [6.07, 6.45) is 2.91. The second kappa shape index (κ2) is 4.79. The van der Waals surface area contributed by atoms with Crippen LogP contribution < -0.4 is 11.1 Å². The van der Waals surface area contributed by atoms with Crippen molar-refractivity contribution in [1.82, 2.24) is 19.7 Å². The maximum absolute atomic E-state index is 11.6. The second-order valence-corrected chi connectivity index (χ2v) is 3.59. The molecule has 0 bridgehead atoms. The van der Waals surface area contributed by atoms with Crippen molar-refractivity contribution < 1.29 is 4.79 Å². The second-order valence-electron chi connectivity index (χ2n) is 3.18. The molecular formula is C9H9ClN6O. The van der Waals surface area contributed by atoms with Gasteiger partial charge in [0.15, 0.2) is 5.82 Å². The highest BCUT2D eigenvalue weighted by molar-refractivity contribution is 6.33. The quantitative estimate of drug-likeness (QED) is 0.831. The van der Waals surface area contributed by atoms with Crippen LogP contribution in [0.1, 0.15) is 0 Å². The van der Waals surface area contributed by atoms with E-state index in [2.05, 4.69) is 20.4 Å². The molecule has 0 aliphatic carbocycles. The van der Waals surface area contributed by atoms with Gasteiger partial charge in [-0.2, -0.15) is 0 Å². The van der Waals surface area contributed by atoms with Gasteiger partial charge in [-0.3, -0.25) is 4.79 Å². The molecule has 0 atom stereocenters. The number of rotatable bonds is 3. The van der Waals surface area contributed by atoms with Crippen LogP contribution in [0.25, 0.3) is 0 Å². The van der Waals surface area contributed by atoms with Crippen molar-refractivity contribution in [2.24, 2.45) is 0 Å². The van der Waals surface area contributed by atoms with Gasteiger partial charge in [0.25, 0.3) is 0 Å². The monoisotopic (exact) mass is 252 g/mol. The van der Waals surface area contributed by atoms with E-state index in [0.29, 0.717) is 10.8 Å². The number of nitrogens with zero attached hydrogens (tertiary/aromatic N) is 4. The van der Waals surface area contributed by atoms with Crippen molar-refractivity contribution in [3.8, 4) is 0 Å². The molecule has 0 aliphatic rings. The van der Waals surface area contributed by atoms with Gasteiger partial charge in [0.2, 0.25) is 11.9 Å². The number of hydrogen-bond donors (Lipinski definition) is 2. The van der Waals surface area contributed by atoms with E-state index in [1.807, 2.05) is 0 Å². The average molecular weight is 253 g/mol. The number of pyridine rings is 1. The van der Waals surface area contributed by atoms with Crippen molar-refractivity contribution in [3.05, 3.63) is 29.7 Å². The molecule has 2 aromatic heterocycles. The Hall–Kier alpha value is -2.15. The molecule has 8 heteroatoms. The molecule has 0 fully saturated rings. The van der Waals surface area contributed by atoms with Gasteiger partial charge in [0, 0.05) is 6.20 Å². The molecule has 88 valence electrons. The Morgan fingerprint density at radius 1 is 1.53 bits per heavy atom. The van der Waals surface area contributed by atoms with Crippen molar-refractivity contribution in [2.75, 3.05) is 11.1 Å². The number of carbonyl (C=O) groups excluding carboxylic acids is 1. The topological polar surface area (TPSA) is 98.7 Å². The summed E-state index contributed by atoms with van der Waals surface area (Å²) in [5.41, 5.74) is 5.32. The predicted molar refractivity (Wildman–Crippen MR) is 62.3 cm³/mol. The number of hydrogen-bond acceptors (Lipinski definition) is 5. The first kappa shape index (κ1) is 11.3. The molecule has 0 saturated carbocycles. The Morgan fingerprint density at radius 2 is 2.35 bits per heavy atom. The van der Waals surface area contributed by atoms with Gasteiger partial charge in [-0.05, 0) is 12.1 Å². The molecule has 0 radical (unpaired) electrons. The highest BCUT2D eigenvalue weighted by Gasteiger charge is 2.08. The molecule has 7 nitrogen and oxygen atoms in total. The maximum Gasteiger partial charge on any atom is 0.247 e. The van der Waals surface area contributed by atoms with Crippen LogP contribution in [0.5, 0.6) is 0 Å². The molecule has 2 heterocycles. The third-order valence-electron chi connectivity index (χ3n) is 1.88. The van der Waals surface area contributed by atoms with Crippen molar-refractivity contribution in [1.29, 1.82) is 0 Å². The molecular weight excluding hydrogens is 244 g/mol. The number of halogens is 1. The number of nitrogens with one attached hydrogen (secondary N) is 1. The summed E-state index contributed by atoms with van der Waals surface area (Å²) >= 11 is 5.84. The number of anilines is 2. The van der Waals surface area contributed by atoms with Gasteiger partial charge in [0.1, 0.15) is 12.9 Å². The van der Waals surface area contributed by atoms with Gasteiger partial charge in [-0.25, -0.2) is 14.6 Å². The molecule has 3 N–H and O–H groups in total. The summed E-state index contributed by atoms with van der Waals surface area (Å²) in [5.74, 6) is 0.122. The van der Waals surface area contributed by atoms with Gasteiger partial charge >= 0.3 is 0 Å². The molecule has 1 amide bonds. The Labute approximate surface area is 102 Å². The molecule has 17 heavy (non-hydrogen) atoms. The summed E-state index contributed by atoms with van der Waals surface area (Å²) in [5, 5.41) is 6.71. The van der Waals surface area contributed by atoms with E-state index in [1.165, 1.54) is 17.2 Å². The van der Waals surface area contributed by atoms with Crippen LogP contribution in [0.2, 0.25) is 5.02 Å². The highest BCUT2D eigenvalue weighted by Crippen LogP contribution is 2.17. The van der Waals surface area contributed by atoms with E-state index < -0.39 is 0 Å². The molecule has 2 rings (SSSR count). The summed E-state index contributed by atoms with van der Waals surface area (Å²) in [6, 6.07) is 3.31. The number of nitrogens with two attached hydrogens (primary N) is 1. The SMILES string of the molecule is Nc1ncn(CC(=O)Nc2ncccc2Cl)n1. The van der Waals surface area contributed by atoms with Crippen LogP contribution in [0.3, 0.4) is 0 Å². The Balaban J connectivity index is 2.01. The standard InChI is InChI=1S/C9H9ClN6O/c10-6-2-1-3-12-8(6)14-7(17)4-16-5-13-9(11)15-16/h1-3,5H,4H2,(H2,11,15)(H,12,14,17). The molecule has 0 unspecified atom stereocenters. The zero-order valence-electron chi connectivity index (χ0n) is 8.67. The number of amides is 1. The molecule has 0 aromatic carbocycles. The Kier molecular flexibility index (Phi) is 3.20. The third-order valence-corrected chi connectivity index (χ3v) is 2.18. The fraction of sp³-hybridized carbons (Fsp3) is 0.111. The minimum atomic E-state index is -0.310. The molecule has 0 aliphatic heterocycles. The zero-order chi connectivity index (χ0) is 12.3. The first-order valence-corrected chi connectivity index (χ1v) is 5.08. The van der Waals surface area contributed by atoms with Crippen molar-refractivity contribution in [2.45, 2.75) is 6.54 Å². The lowest BCUT2D eigenvalue weighted by Gasteiger charge is -2.05. The van der Waals surface area contributed by atoms with E-state index in [0.717, 1.165) is 0 Å². The summed E-state index contributed by atoms with van der Waals surface area (Å²) < 4.78 is 1.32. The van der Waals surface area contributed by atoms with Crippen molar-refractivity contribution >= 4 is 29.3 Å². The predicted octanol–water partition coefficient (Wildman–Crippen LogP) is 0.547. The third kappa shape index (κ3) is 2.91. The van der Waals surface area contributed by atoms with Crippen LogP contribution in [-0.2, 0) is 11.3 Å². The number of carbonyl (C=O) groups is 1. The lowest BCUT2D eigenvalue weighted by Crippen LogP contribution is -2.20. The van der Waals surface area contributed by atoms with Gasteiger partial charge < -0.3 is 11.1 Å². The Morgan fingerprint density at radius 3 is 3.00 bits per heavy atom. The molecule has 2 aromatic rings. The minimum absolute atomic E-state index is 0.00287. The minimum Gasteiger partial charge on any atom is -0.367 e. The summed E-state index contributed by atoms with van der Waals surface area (Å²) in [6.45, 7) is -0.00287. The number of nitrogen functional groups attached to an aromatic ring is 1. The summed E-state index contributed by atoms with van der Waals surface area (Å²) in [7, 11) is 0. The lowest BCUT2D eigenvalue weighted by atomic mass is 10.4. The fourth-order valence-electron chi connectivity index (χ4n) is 1.18. The van der Waals surface area contributed by atoms with Crippen LogP contribution in [0.4, 0.5) is 11.8 Å². The maximum atomic E-state index is 11.6. The summed E-state index contributed by atoms with van der Waals surface area (Å²) in [4.78, 5) is 19.2. The zero-order valence-corrected chi connectivity index (χ0v) is 9.42. The smallest absolute Gasteiger partial charge is 0.247 e. The first-order valence-electron chi connectivity index (χ1n) is 4.70. The van der Waals surface area contributed by atoms with E-state index in [1.54, 1.807) is 12.1 Å². The van der Waals surface area contributed by atoms with Gasteiger partial charge in [-0.15, -0.1) is 5.10 Å². The highest BCUT2D eigenvalue weighted by atomic mass is 35.5. The van der Waals surface area contributed by atoms with Crippen LogP contribution in [0.15, 0.2) is 24.7 Å². The van der Waals surface area contributed by atoms with Crippen molar-refractivity contribution in [3.63, 3.8) is 0 Å². The van der Waals surface area contributed by atoms with E-state index in [-0.39, 0.29) is 18.4 Å². The largest absolute Gasteiger partial charge is 0.367 e. The van der Waals surface area contributed by atoms with Gasteiger partial charge in [-0.1, -0.05) is 11.6 Å². The molecule has 0 spiro atoms. The molecule has 0 saturated heterocycles. The number of aromatic nitrogens is 4. The Bertz CT molecular complexity index is 540. The van der Waals surface area contributed by atoms with E-state index in [4.69, 9.17) is 17.3 Å². The lowest BCUT2D eigenvalue weighted by molar-refractivity contribution is -0.116. The normalized spacial score (nSPS) is 10.2. The van der Waals surface area contributed by atoms with E-state index >= 15 is 0 Å². The van der Waals surface area contributed by atoms with Crippen LogP contribution in [0, 0.1) is 0 Å². The fourth-order valence-corrected chi connectivity index (χ4v) is 1.35.